The molecule has 0 aliphatic heterocycles. The summed E-state index contributed by atoms with van der Waals surface area (Å²) < 4.78 is 0. The van der Waals surface area contributed by atoms with E-state index >= 15 is 0 Å². The van der Waals surface area contributed by atoms with Crippen molar-refractivity contribution in [2.45, 2.75) is 26.0 Å². The first-order chi connectivity index (χ1) is 8.18. The second kappa shape index (κ2) is 5.25. The maximum absolute atomic E-state index is 10.2. The van der Waals surface area contributed by atoms with Gasteiger partial charge in [0.25, 0.3) is 0 Å². The van der Waals surface area contributed by atoms with Gasteiger partial charge in [-0.2, -0.15) is 0 Å². The van der Waals surface area contributed by atoms with E-state index in [0.29, 0.717) is 12.6 Å². The van der Waals surface area contributed by atoms with Crippen LogP contribution in [0, 0.1) is 0 Å². The fourth-order valence-corrected chi connectivity index (χ4v) is 1.86. The average Bonchev–Trinajstić information content (AvgIpc) is 2.35. The number of aliphatic hydroxyl groups is 1. The number of hydrogen-bond donors (Lipinski definition) is 2. The van der Waals surface area contributed by atoms with Crippen LogP contribution in [-0.2, 0) is 0 Å². The summed E-state index contributed by atoms with van der Waals surface area (Å²) in [7, 11) is 0. The highest BCUT2D eigenvalue weighted by molar-refractivity contribution is 5.84. The lowest BCUT2D eigenvalue weighted by Gasteiger charge is -2.15. The van der Waals surface area contributed by atoms with Gasteiger partial charge >= 0.3 is 0 Å². The molecule has 0 aliphatic rings. The van der Waals surface area contributed by atoms with Crippen LogP contribution in [0.4, 0.5) is 0 Å². The van der Waals surface area contributed by atoms with Crippen molar-refractivity contribution in [2.24, 2.45) is 0 Å². The zero-order chi connectivity index (χ0) is 12.3. The molecule has 0 bridgehead atoms. The van der Waals surface area contributed by atoms with Gasteiger partial charge in [0.15, 0.2) is 0 Å². The van der Waals surface area contributed by atoms with Crippen LogP contribution in [0.3, 0.4) is 0 Å². The maximum Gasteiger partial charge on any atom is 0.0935 e. The number of fused-ring (bicyclic) bond motifs is 1. The third-order valence-electron chi connectivity index (χ3n) is 2.78. The molecule has 2 aromatic rings. The van der Waals surface area contributed by atoms with E-state index in [0.717, 1.165) is 16.3 Å². The molecule has 2 N–H and O–H groups in total. The quantitative estimate of drug-likeness (QED) is 0.847. The predicted octanol–water partition coefficient (Wildman–Crippen LogP) is 2.27. The molecular weight excluding hydrogens is 212 g/mol. The van der Waals surface area contributed by atoms with Crippen molar-refractivity contribution in [2.75, 3.05) is 6.54 Å². The lowest BCUT2D eigenvalue weighted by atomic mass is 10.0. The molecule has 0 amide bonds. The fraction of sp³-hybridized carbons (Fsp3) is 0.357. The number of aliphatic hydroxyl groups excluding tert-OH is 1. The number of rotatable bonds is 4. The lowest BCUT2D eigenvalue weighted by molar-refractivity contribution is 0.173. The third kappa shape index (κ3) is 2.81. The summed E-state index contributed by atoms with van der Waals surface area (Å²) in [6.07, 6.45) is 3.05. The van der Waals surface area contributed by atoms with Crippen molar-refractivity contribution in [3.63, 3.8) is 0 Å². The van der Waals surface area contributed by atoms with Gasteiger partial charge in [0, 0.05) is 35.9 Å². The van der Waals surface area contributed by atoms with Crippen LogP contribution in [0.1, 0.15) is 25.5 Å². The van der Waals surface area contributed by atoms with E-state index in [-0.39, 0.29) is 0 Å². The molecule has 2 rings (SSSR count). The largest absolute Gasteiger partial charge is 0.387 e. The Morgan fingerprint density at radius 1 is 1.24 bits per heavy atom. The number of nitrogens with one attached hydrogen (secondary N) is 1. The topological polar surface area (TPSA) is 45.1 Å². The van der Waals surface area contributed by atoms with Crippen molar-refractivity contribution in [1.82, 2.24) is 10.3 Å². The van der Waals surface area contributed by atoms with Crippen LogP contribution in [0.25, 0.3) is 10.8 Å². The Hall–Kier alpha value is -1.45. The van der Waals surface area contributed by atoms with E-state index in [2.05, 4.69) is 24.1 Å². The number of benzene rings is 1. The zero-order valence-corrected chi connectivity index (χ0v) is 10.2. The molecule has 3 heteroatoms. The molecule has 1 heterocycles. The molecule has 1 aromatic heterocycles. The molecule has 0 saturated carbocycles. The summed E-state index contributed by atoms with van der Waals surface area (Å²) in [4.78, 5) is 4.17. The molecule has 0 fully saturated rings. The Morgan fingerprint density at radius 3 is 2.76 bits per heavy atom. The van der Waals surface area contributed by atoms with Crippen LogP contribution >= 0.6 is 0 Å². The first-order valence-corrected chi connectivity index (χ1v) is 5.92. The summed E-state index contributed by atoms with van der Waals surface area (Å²) in [5.41, 5.74) is 0.885. The minimum atomic E-state index is -0.518. The number of aromatic nitrogens is 1. The summed E-state index contributed by atoms with van der Waals surface area (Å²) in [5.74, 6) is 0. The van der Waals surface area contributed by atoms with Crippen molar-refractivity contribution in [3.8, 4) is 0 Å². The van der Waals surface area contributed by atoms with E-state index in [4.69, 9.17) is 0 Å². The number of hydrogen-bond acceptors (Lipinski definition) is 3. The molecule has 90 valence electrons. The Labute approximate surface area is 102 Å². The van der Waals surface area contributed by atoms with Crippen molar-refractivity contribution in [1.29, 1.82) is 0 Å². The van der Waals surface area contributed by atoms with Gasteiger partial charge in [-0.05, 0) is 5.39 Å². The van der Waals surface area contributed by atoms with Gasteiger partial charge in [0.2, 0.25) is 0 Å². The molecular formula is C14H18N2O. The summed E-state index contributed by atoms with van der Waals surface area (Å²) in [6, 6.07) is 8.35. The van der Waals surface area contributed by atoms with Crippen LogP contribution in [-0.4, -0.2) is 22.7 Å². The predicted molar refractivity (Wildman–Crippen MR) is 69.8 cm³/mol. The Bertz CT molecular complexity index is 491. The second-order valence-corrected chi connectivity index (χ2v) is 4.53. The molecule has 0 radical (unpaired) electrons. The smallest absolute Gasteiger partial charge is 0.0935 e. The van der Waals surface area contributed by atoms with Gasteiger partial charge in [-0.15, -0.1) is 0 Å². The highest BCUT2D eigenvalue weighted by Crippen LogP contribution is 2.22. The van der Waals surface area contributed by atoms with Crippen molar-refractivity contribution < 1.29 is 5.11 Å². The minimum absolute atomic E-state index is 0.368. The average molecular weight is 230 g/mol. The van der Waals surface area contributed by atoms with E-state index < -0.39 is 6.10 Å². The normalized spacial score (nSPS) is 13.2. The first-order valence-electron chi connectivity index (χ1n) is 5.92. The van der Waals surface area contributed by atoms with E-state index in [1.807, 2.05) is 30.5 Å². The molecule has 17 heavy (non-hydrogen) atoms. The molecule has 3 nitrogen and oxygen atoms in total. The van der Waals surface area contributed by atoms with E-state index in [9.17, 15) is 5.11 Å². The first kappa shape index (κ1) is 12.0. The van der Waals surface area contributed by atoms with Crippen LogP contribution in [0.5, 0.6) is 0 Å². The Balaban J connectivity index is 2.28. The van der Waals surface area contributed by atoms with Crippen LogP contribution in [0.2, 0.25) is 0 Å². The monoisotopic (exact) mass is 230 g/mol. The molecule has 0 saturated heterocycles. The molecule has 1 aromatic carbocycles. The van der Waals surface area contributed by atoms with E-state index in [1.54, 1.807) is 6.20 Å². The lowest BCUT2D eigenvalue weighted by Crippen LogP contribution is -2.28. The fourth-order valence-electron chi connectivity index (χ4n) is 1.86. The second-order valence-electron chi connectivity index (χ2n) is 4.53. The Morgan fingerprint density at radius 2 is 2.00 bits per heavy atom. The standard InChI is InChI=1S/C14H18N2O/c1-10(2)16-9-14(17)13-8-15-7-11-5-3-4-6-12(11)13/h3-8,10,14,16-17H,9H2,1-2H3. The summed E-state index contributed by atoms with van der Waals surface area (Å²) in [5, 5.41) is 15.5. The van der Waals surface area contributed by atoms with E-state index in [1.165, 1.54) is 0 Å². The maximum atomic E-state index is 10.2. The molecule has 0 spiro atoms. The SMILES string of the molecule is CC(C)NCC(O)c1cncc2ccccc12. The highest BCUT2D eigenvalue weighted by atomic mass is 16.3. The minimum Gasteiger partial charge on any atom is -0.387 e. The van der Waals surface area contributed by atoms with Gasteiger partial charge < -0.3 is 10.4 Å². The molecule has 1 atom stereocenters. The van der Waals surface area contributed by atoms with Gasteiger partial charge in [0.1, 0.15) is 0 Å². The number of pyridine rings is 1. The Kier molecular flexibility index (Phi) is 3.71. The molecule has 0 aliphatic carbocycles. The van der Waals surface area contributed by atoms with Gasteiger partial charge in [0.05, 0.1) is 6.10 Å². The third-order valence-corrected chi connectivity index (χ3v) is 2.78. The van der Waals surface area contributed by atoms with Crippen molar-refractivity contribution >= 4 is 10.8 Å². The van der Waals surface area contributed by atoms with Crippen LogP contribution in [0.15, 0.2) is 36.7 Å². The van der Waals surface area contributed by atoms with Gasteiger partial charge in [-0.3, -0.25) is 4.98 Å². The van der Waals surface area contributed by atoms with Gasteiger partial charge in [-0.25, -0.2) is 0 Å². The summed E-state index contributed by atoms with van der Waals surface area (Å²) >= 11 is 0. The van der Waals surface area contributed by atoms with Crippen LogP contribution < -0.4 is 5.32 Å². The highest BCUT2D eigenvalue weighted by Gasteiger charge is 2.11. The van der Waals surface area contributed by atoms with Crippen molar-refractivity contribution in [3.05, 3.63) is 42.2 Å². The molecule has 1 unspecified atom stereocenters. The summed E-state index contributed by atoms with van der Waals surface area (Å²) in [6.45, 7) is 4.68. The van der Waals surface area contributed by atoms with Gasteiger partial charge in [-0.1, -0.05) is 38.1 Å². The number of nitrogens with zero attached hydrogens (tertiary/aromatic N) is 1. The zero-order valence-electron chi connectivity index (χ0n) is 10.2.